The van der Waals surface area contributed by atoms with E-state index in [-0.39, 0.29) is 6.54 Å². The van der Waals surface area contributed by atoms with E-state index < -0.39 is 17.8 Å². The van der Waals surface area contributed by atoms with Crippen molar-refractivity contribution >= 4 is 6.09 Å². The highest BCUT2D eigenvalue weighted by Crippen LogP contribution is 2.11. The smallest absolute Gasteiger partial charge is 0.410 e. The van der Waals surface area contributed by atoms with Crippen LogP contribution in [0.3, 0.4) is 0 Å². The molecule has 1 unspecified atom stereocenters. The average molecular weight is 241 g/mol. The Kier molecular flexibility index (Phi) is 5.96. The first kappa shape index (κ1) is 15.7. The van der Waals surface area contributed by atoms with Crippen LogP contribution in [0.2, 0.25) is 0 Å². The molecule has 17 heavy (non-hydrogen) atoms. The number of aliphatic hydroxyl groups is 1. The molecule has 0 aliphatic heterocycles. The molecule has 0 saturated carbocycles. The van der Waals surface area contributed by atoms with Gasteiger partial charge in [0.15, 0.2) is 0 Å². The maximum Gasteiger partial charge on any atom is 0.410 e. The van der Waals surface area contributed by atoms with Crippen LogP contribution in [-0.2, 0) is 4.74 Å². The summed E-state index contributed by atoms with van der Waals surface area (Å²) in [4.78, 5) is 13.3. The minimum absolute atomic E-state index is 0.158. The Morgan fingerprint density at radius 1 is 1.53 bits per heavy atom. The van der Waals surface area contributed by atoms with Gasteiger partial charge in [-0.2, -0.15) is 0 Å². The number of hydrogen-bond donors (Lipinski definition) is 1. The Bertz CT molecular complexity index is 292. The van der Waals surface area contributed by atoms with Crippen LogP contribution >= 0.6 is 0 Å². The fraction of sp³-hybridized carbons (Fsp3) is 0.615. The highest BCUT2D eigenvalue weighted by molar-refractivity contribution is 5.68. The van der Waals surface area contributed by atoms with Crippen LogP contribution in [0.25, 0.3) is 0 Å². The zero-order valence-corrected chi connectivity index (χ0v) is 11.2. The predicted octanol–water partition coefficient (Wildman–Crippen LogP) is 2.35. The molecule has 0 heterocycles. The summed E-state index contributed by atoms with van der Waals surface area (Å²) in [6, 6.07) is 0. The van der Waals surface area contributed by atoms with Gasteiger partial charge in [-0.3, -0.25) is 0 Å². The van der Waals surface area contributed by atoms with Gasteiger partial charge < -0.3 is 14.7 Å². The lowest BCUT2D eigenvalue weighted by Gasteiger charge is -2.28. The maximum atomic E-state index is 11.9. The molecule has 0 aliphatic rings. The van der Waals surface area contributed by atoms with Gasteiger partial charge in [-0.15, -0.1) is 6.58 Å². The molecule has 1 N–H and O–H groups in total. The number of hydrogen-bond acceptors (Lipinski definition) is 3. The molecular weight excluding hydrogens is 218 g/mol. The summed E-state index contributed by atoms with van der Waals surface area (Å²) >= 11 is 0. The lowest BCUT2D eigenvalue weighted by atomic mass is 10.2. The van der Waals surface area contributed by atoms with Gasteiger partial charge in [0.2, 0.25) is 0 Å². The topological polar surface area (TPSA) is 49.8 Å². The van der Waals surface area contributed by atoms with Gasteiger partial charge in [-0.05, 0) is 27.7 Å². The van der Waals surface area contributed by atoms with Crippen molar-refractivity contribution in [1.29, 1.82) is 0 Å². The van der Waals surface area contributed by atoms with Gasteiger partial charge in [0.25, 0.3) is 0 Å². The molecule has 0 aliphatic carbocycles. The fourth-order valence-electron chi connectivity index (χ4n) is 1.16. The van der Waals surface area contributed by atoms with Crippen molar-refractivity contribution in [2.75, 3.05) is 13.1 Å². The van der Waals surface area contributed by atoms with Crippen LogP contribution < -0.4 is 0 Å². The van der Waals surface area contributed by atoms with Crippen molar-refractivity contribution in [2.45, 2.75) is 39.4 Å². The third-order valence-electron chi connectivity index (χ3n) is 1.79. The Labute approximate surface area is 104 Å². The lowest BCUT2D eigenvalue weighted by Crippen LogP contribution is -2.41. The van der Waals surface area contributed by atoms with E-state index in [1.54, 1.807) is 20.8 Å². The highest BCUT2D eigenvalue weighted by Gasteiger charge is 2.23. The monoisotopic (exact) mass is 241 g/mol. The van der Waals surface area contributed by atoms with Crippen molar-refractivity contribution in [3.8, 4) is 0 Å². The van der Waals surface area contributed by atoms with Gasteiger partial charge >= 0.3 is 6.09 Å². The molecule has 0 radical (unpaired) electrons. The first-order valence-electron chi connectivity index (χ1n) is 5.58. The predicted molar refractivity (Wildman–Crippen MR) is 68.8 cm³/mol. The Balaban J connectivity index is 4.61. The molecule has 4 heteroatoms. The van der Waals surface area contributed by atoms with Crippen LogP contribution in [0.4, 0.5) is 4.79 Å². The molecule has 0 fully saturated rings. The maximum absolute atomic E-state index is 11.9. The van der Waals surface area contributed by atoms with Crippen molar-refractivity contribution in [2.24, 2.45) is 0 Å². The highest BCUT2D eigenvalue weighted by atomic mass is 16.6. The average Bonchev–Trinajstić information content (AvgIpc) is 2.13. The van der Waals surface area contributed by atoms with Crippen LogP contribution in [0.1, 0.15) is 27.7 Å². The van der Waals surface area contributed by atoms with Gasteiger partial charge in [-0.25, -0.2) is 4.79 Å². The zero-order valence-electron chi connectivity index (χ0n) is 11.2. The SMILES string of the molecule is C=CC(O)CN(CC(=C)C)C(=O)OC(C)(C)C. The number of carbonyl (C=O) groups excluding carboxylic acids is 1. The summed E-state index contributed by atoms with van der Waals surface area (Å²) in [5, 5.41) is 9.49. The number of nitrogens with zero attached hydrogens (tertiary/aromatic N) is 1. The van der Waals surface area contributed by atoms with E-state index in [4.69, 9.17) is 4.74 Å². The first-order chi connectivity index (χ1) is 7.65. The van der Waals surface area contributed by atoms with E-state index in [1.807, 2.05) is 6.92 Å². The molecule has 0 aromatic heterocycles. The molecule has 1 atom stereocenters. The van der Waals surface area contributed by atoms with Crippen molar-refractivity contribution in [1.82, 2.24) is 4.90 Å². The van der Waals surface area contributed by atoms with E-state index in [2.05, 4.69) is 13.2 Å². The first-order valence-corrected chi connectivity index (χ1v) is 5.58. The molecule has 1 amide bonds. The lowest BCUT2D eigenvalue weighted by molar-refractivity contribution is 0.0202. The molecule has 98 valence electrons. The zero-order chi connectivity index (χ0) is 13.6. The summed E-state index contributed by atoms with van der Waals surface area (Å²) < 4.78 is 5.25. The molecule has 0 aromatic rings. The second-order valence-corrected chi connectivity index (χ2v) is 5.12. The second-order valence-electron chi connectivity index (χ2n) is 5.12. The number of ether oxygens (including phenoxy) is 1. The van der Waals surface area contributed by atoms with E-state index in [1.165, 1.54) is 11.0 Å². The Morgan fingerprint density at radius 3 is 2.41 bits per heavy atom. The van der Waals surface area contributed by atoms with Gasteiger partial charge in [0, 0.05) is 6.54 Å². The van der Waals surface area contributed by atoms with E-state index in [0.29, 0.717) is 6.54 Å². The minimum atomic E-state index is -0.762. The number of aliphatic hydroxyl groups excluding tert-OH is 1. The largest absolute Gasteiger partial charge is 0.444 e. The Morgan fingerprint density at radius 2 is 2.06 bits per heavy atom. The van der Waals surface area contributed by atoms with E-state index in [9.17, 15) is 9.90 Å². The van der Waals surface area contributed by atoms with E-state index >= 15 is 0 Å². The van der Waals surface area contributed by atoms with Gasteiger partial charge in [-0.1, -0.05) is 18.2 Å². The molecule has 0 spiro atoms. The van der Waals surface area contributed by atoms with Gasteiger partial charge in [0.05, 0.1) is 12.6 Å². The van der Waals surface area contributed by atoms with Crippen molar-refractivity contribution in [3.63, 3.8) is 0 Å². The van der Waals surface area contributed by atoms with E-state index in [0.717, 1.165) is 5.57 Å². The fourth-order valence-corrected chi connectivity index (χ4v) is 1.16. The summed E-state index contributed by atoms with van der Waals surface area (Å²) in [5.41, 5.74) is 0.274. The van der Waals surface area contributed by atoms with Crippen molar-refractivity contribution in [3.05, 3.63) is 24.8 Å². The van der Waals surface area contributed by atoms with Crippen molar-refractivity contribution < 1.29 is 14.6 Å². The molecule has 0 saturated heterocycles. The Hall–Kier alpha value is -1.29. The quantitative estimate of drug-likeness (QED) is 0.752. The summed E-state index contributed by atoms with van der Waals surface area (Å²) in [7, 11) is 0. The second kappa shape index (κ2) is 6.45. The third kappa shape index (κ3) is 7.58. The summed E-state index contributed by atoms with van der Waals surface area (Å²) in [5.74, 6) is 0. The molecule has 0 bridgehead atoms. The molecule has 4 nitrogen and oxygen atoms in total. The number of carbonyl (C=O) groups is 1. The van der Waals surface area contributed by atoms with Crippen LogP contribution in [-0.4, -0.2) is 40.9 Å². The summed E-state index contributed by atoms with van der Waals surface area (Å²) in [6.45, 7) is 15.0. The molecular formula is C13H23NO3. The molecule has 0 rings (SSSR count). The third-order valence-corrected chi connectivity index (χ3v) is 1.79. The van der Waals surface area contributed by atoms with Crippen LogP contribution in [0.5, 0.6) is 0 Å². The van der Waals surface area contributed by atoms with Crippen LogP contribution in [0, 0.1) is 0 Å². The van der Waals surface area contributed by atoms with Gasteiger partial charge in [0.1, 0.15) is 5.60 Å². The normalized spacial score (nSPS) is 12.8. The van der Waals surface area contributed by atoms with Crippen LogP contribution in [0.15, 0.2) is 24.8 Å². The summed E-state index contributed by atoms with van der Waals surface area (Å²) in [6.07, 6.45) is 0.166. The molecule has 0 aromatic carbocycles. The standard InChI is InChI=1S/C13H23NO3/c1-7-11(15)9-14(8-10(2)3)12(16)17-13(4,5)6/h7,11,15H,1-2,8-9H2,3-6H3. The minimum Gasteiger partial charge on any atom is -0.444 e. The number of rotatable bonds is 5. The number of amides is 1.